The van der Waals surface area contributed by atoms with Crippen molar-refractivity contribution in [3.05, 3.63) is 35.4 Å². The highest BCUT2D eigenvalue weighted by Crippen LogP contribution is 2.36. The molecule has 0 aromatic heterocycles. The summed E-state index contributed by atoms with van der Waals surface area (Å²) < 4.78 is 0. The maximum atomic E-state index is 3.73. The fourth-order valence-electron chi connectivity index (χ4n) is 2.61. The summed E-state index contributed by atoms with van der Waals surface area (Å²) in [7, 11) is 0. The van der Waals surface area contributed by atoms with Gasteiger partial charge in [0.2, 0.25) is 0 Å². The molecule has 1 N–H and O–H groups in total. The molecule has 94 valence electrons. The van der Waals surface area contributed by atoms with Crippen LogP contribution >= 0.6 is 11.8 Å². The lowest BCUT2D eigenvalue weighted by molar-refractivity contribution is 0.434. The van der Waals surface area contributed by atoms with Crippen molar-refractivity contribution in [3.8, 4) is 0 Å². The van der Waals surface area contributed by atoms with Crippen LogP contribution in [0.5, 0.6) is 0 Å². The lowest BCUT2D eigenvalue weighted by Gasteiger charge is -2.31. The van der Waals surface area contributed by atoms with Crippen LogP contribution in [0.2, 0.25) is 0 Å². The van der Waals surface area contributed by atoms with Crippen molar-refractivity contribution in [2.45, 2.75) is 43.9 Å². The Bertz CT molecular complexity index is 364. The zero-order chi connectivity index (χ0) is 12.3. The van der Waals surface area contributed by atoms with Gasteiger partial charge in [-0.2, -0.15) is 11.8 Å². The van der Waals surface area contributed by atoms with Crippen molar-refractivity contribution in [3.63, 3.8) is 0 Å². The quantitative estimate of drug-likeness (QED) is 0.866. The predicted octanol–water partition coefficient (Wildman–Crippen LogP) is 3.97. The van der Waals surface area contributed by atoms with Crippen LogP contribution in [0.3, 0.4) is 0 Å². The maximum Gasteiger partial charge on any atom is 0.0323 e. The van der Waals surface area contributed by atoms with E-state index < -0.39 is 0 Å². The maximum absolute atomic E-state index is 3.73. The van der Waals surface area contributed by atoms with Gasteiger partial charge in [0.25, 0.3) is 0 Å². The van der Waals surface area contributed by atoms with Crippen LogP contribution in [0.4, 0.5) is 0 Å². The van der Waals surface area contributed by atoms with Crippen molar-refractivity contribution in [1.82, 2.24) is 5.32 Å². The SMILES string of the molecule is CSC(C)CNC1CCC(C)c2ccccc21. The highest BCUT2D eigenvalue weighted by atomic mass is 32.2. The molecule has 0 saturated carbocycles. The van der Waals surface area contributed by atoms with Gasteiger partial charge in [-0.1, -0.05) is 38.1 Å². The number of nitrogens with one attached hydrogen (secondary N) is 1. The summed E-state index contributed by atoms with van der Waals surface area (Å²) in [6.07, 6.45) is 4.77. The molecule has 0 heterocycles. The Hall–Kier alpha value is -0.470. The monoisotopic (exact) mass is 249 g/mol. The fraction of sp³-hybridized carbons (Fsp3) is 0.600. The van der Waals surface area contributed by atoms with Gasteiger partial charge in [0.1, 0.15) is 0 Å². The number of hydrogen-bond acceptors (Lipinski definition) is 2. The molecule has 0 saturated heterocycles. The molecule has 17 heavy (non-hydrogen) atoms. The van der Waals surface area contributed by atoms with Gasteiger partial charge < -0.3 is 5.32 Å². The summed E-state index contributed by atoms with van der Waals surface area (Å²) in [6.45, 7) is 5.74. The second-order valence-corrected chi connectivity index (χ2v) is 6.39. The van der Waals surface area contributed by atoms with E-state index in [-0.39, 0.29) is 0 Å². The van der Waals surface area contributed by atoms with Crippen molar-refractivity contribution < 1.29 is 0 Å². The third-order valence-corrected chi connectivity index (χ3v) is 4.82. The first-order valence-corrected chi connectivity index (χ1v) is 7.86. The molecule has 1 nitrogen and oxygen atoms in total. The Kier molecular flexibility index (Phi) is 4.52. The summed E-state index contributed by atoms with van der Waals surface area (Å²) in [5, 5.41) is 4.42. The average molecular weight is 249 g/mol. The molecule has 1 aliphatic carbocycles. The normalized spacial score (nSPS) is 25.4. The molecule has 0 amide bonds. The van der Waals surface area contributed by atoms with Crippen molar-refractivity contribution in [2.24, 2.45) is 0 Å². The van der Waals surface area contributed by atoms with E-state index in [1.165, 1.54) is 18.4 Å². The van der Waals surface area contributed by atoms with E-state index >= 15 is 0 Å². The second-order valence-electron chi connectivity index (χ2n) is 5.11. The zero-order valence-corrected chi connectivity index (χ0v) is 11.9. The van der Waals surface area contributed by atoms with Gasteiger partial charge in [0, 0.05) is 17.8 Å². The Morgan fingerprint density at radius 1 is 1.29 bits per heavy atom. The van der Waals surface area contributed by atoms with Gasteiger partial charge in [-0.05, 0) is 36.1 Å². The molecule has 0 radical (unpaired) electrons. The number of benzene rings is 1. The first kappa shape index (κ1) is 13.0. The first-order valence-electron chi connectivity index (χ1n) is 6.57. The van der Waals surface area contributed by atoms with Gasteiger partial charge >= 0.3 is 0 Å². The van der Waals surface area contributed by atoms with E-state index in [4.69, 9.17) is 0 Å². The third-order valence-electron chi connectivity index (χ3n) is 3.84. The molecule has 1 aromatic carbocycles. The second kappa shape index (κ2) is 5.92. The minimum atomic E-state index is 0.567. The van der Waals surface area contributed by atoms with Gasteiger partial charge in [0.15, 0.2) is 0 Å². The molecule has 2 rings (SSSR count). The first-order chi connectivity index (χ1) is 8.22. The highest BCUT2D eigenvalue weighted by molar-refractivity contribution is 7.99. The molecule has 1 aromatic rings. The molecule has 0 aliphatic heterocycles. The Morgan fingerprint density at radius 3 is 2.71 bits per heavy atom. The minimum absolute atomic E-state index is 0.567. The van der Waals surface area contributed by atoms with Crippen LogP contribution in [0.1, 0.15) is 49.8 Å². The van der Waals surface area contributed by atoms with E-state index in [0.29, 0.717) is 11.3 Å². The lowest BCUT2D eigenvalue weighted by Crippen LogP contribution is -2.30. The largest absolute Gasteiger partial charge is 0.309 e. The number of thioether (sulfide) groups is 1. The van der Waals surface area contributed by atoms with Gasteiger partial charge in [0.05, 0.1) is 0 Å². The van der Waals surface area contributed by atoms with E-state index in [2.05, 4.69) is 49.7 Å². The summed E-state index contributed by atoms with van der Waals surface area (Å²) >= 11 is 1.93. The van der Waals surface area contributed by atoms with Crippen molar-refractivity contribution in [2.75, 3.05) is 12.8 Å². The van der Waals surface area contributed by atoms with E-state index in [9.17, 15) is 0 Å². The Balaban J connectivity index is 2.08. The van der Waals surface area contributed by atoms with Crippen LogP contribution < -0.4 is 5.32 Å². The Labute approximate surface area is 109 Å². The highest BCUT2D eigenvalue weighted by Gasteiger charge is 2.23. The topological polar surface area (TPSA) is 12.0 Å². The zero-order valence-electron chi connectivity index (χ0n) is 11.1. The molecular formula is C15H23NS. The molecule has 0 bridgehead atoms. The number of fused-ring (bicyclic) bond motifs is 1. The van der Waals surface area contributed by atoms with Crippen molar-refractivity contribution >= 4 is 11.8 Å². The van der Waals surface area contributed by atoms with Crippen LogP contribution in [-0.2, 0) is 0 Å². The molecule has 3 unspecified atom stereocenters. The van der Waals surface area contributed by atoms with Gasteiger partial charge in [-0.25, -0.2) is 0 Å². The van der Waals surface area contributed by atoms with E-state index in [0.717, 1.165) is 12.5 Å². The standard InChI is InChI=1S/C15H23NS/c1-11-8-9-15(16-10-12(2)17-3)14-7-5-4-6-13(11)14/h4-7,11-12,15-16H,8-10H2,1-3H3. The van der Waals surface area contributed by atoms with Crippen LogP contribution in [0, 0.1) is 0 Å². The summed E-state index contributed by atoms with van der Waals surface area (Å²) in [4.78, 5) is 0. The minimum Gasteiger partial charge on any atom is -0.309 e. The van der Waals surface area contributed by atoms with E-state index in [1.54, 1.807) is 5.56 Å². The summed E-state index contributed by atoms with van der Waals surface area (Å²) in [5.41, 5.74) is 3.08. The molecule has 1 aliphatic rings. The van der Waals surface area contributed by atoms with Crippen LogP contribution in [0.15, 0.2) is 24.3 Å². The van der Waals surface area contributed by atoms with Gasteiger partial charge in [-0.15, -0.1) is 0 Å². The average Bonchev–Trinajstić information content (AvgIpc) is 2.38. The number of rotatable bonds is 4. The Morgan fingerprint density at radius 2 is 2.00 bits per heavy atom. The third kappa shape index (κ3) is 3.05. The van der Waals surface area contributed by atoms with Crippen molar-refractivity contribution in [1.29, 1.82) is 0 Å². The molecule has 2 heteroatoms. The fourth-order valence-corrected chi connectivity index (χ4v) is 2.87. The number of hydrogen-bond donors (Lipinski definition) is 1. The summed E-state index contributed by atoms with van der Waals surface area (Å²) in [6, 6.07) is 9.50. The molecule has 0 spiro atoms. The molecular weight excluding hydrogens is 226 g/mol. The summed E-state index contributed by atoms with van der Waals surface area (Å²) in [5.74, 6) is 0.724. The lowest BCUT2D eigenvalue weighted by atomic mass is 9.81. The molecule has 0 fully saturated rings. The smallest absolute Gasteiger partial charge is 0.0323 e. The molecule has 3 atom stereocenters. The van der Waals surface area contributed by atoms with E-state index in [1.807, 2.05) is 11.8 Å². The van der Waals surface area contributed by atoms with Crippen LogP contribution in [0.25, 0.3) is 0 Å². The van der Waals surface area contributed by atoms with Crippen LogP contribution in [-0.4, -0.2) is 18.1 Å². The van der Waals surface area contributed by atoms with Gasteiger partial charge in [-0.3, -0.25) is 0 Å². The predicted molar refractivity (Wildman–Crippen MR) is 77.8 cm³/mol.